The van der Waals surface area contributed by atoms with Crippen molar-refractivity contribution >= 4 is 29.0 Å². The second-order valence-corrected chi connectivity index (χ2v) is 10.5. The third kappa shape index (κ3) is 11.5. The highest BCUT2D eigenvalue weighted by Crippen LogP contribution is 2.33. The molecule has 0 bridgehead atoms. The van der Waals surface area contributed by atoms with E-state index >= 15 is 0 Å². The zero-order valence-corrected chi connectivity index (χ0v) is 29.1. The number of hydrogen-bond acceptors (Lipinski definition) is 8. The number of aromatic nitrogens is 2. The van der Waals surface area contributed by atoms with E-state index in [1.165, 1.54) is 18.4 Å². The fourth-order valence-corrected chi connectivity index (χ4v) is 5.47. The number of nitrogens with one attached hydrogen (secondary N) is 1. The summed E-state index contributed by atoms with van der Waals surface area (Å²) in [6.07, 6.45) is 16.3. The van der Waals surface area contributed by atoms with Gasteiger partial charge in [-0.05, 0) is 79.5 Å². The van der Waals surface area contributed by atoms with E-state index in [0.29, 0.717) is 17.4 Å². The van der Waals surface area contributed by atoms with Crippen molar-refractivity contribution < 1.29 is 19.2 Å². The van der Waals surface area contributed by atoms with E-state index in [-0.39, 0.29) is 5.60 Å². The minimum Gasteiger partial charge on any atom is -0.400 e. The molecule has 0 saturated carbocycles. The van der Waals surface area contributed by atoms with Gasteiger partial charge in [-0.15, -0.1) is 0 Å². The van der Waals surface area contributed by atoms with Crippen LogP contribution in [0, 0.1) is 0 Å². The van der Waals surface area contributed by atoms with Crippen molar-refractivity contribution in [1.29, 1.82) is 0 Å². The van der Waals surface area contributed by atoms with Gasteiger partial charge in [0.2, 0.25) is 0 Å². The van der Waals surface area contributed by atoms with E-state index in [1.54, 1.807) is 0 Å². The maximum Gasteiger partial charge on any atom is 0.324 e. The molecule has 1 aromatic heterocycles. The molecule has 2 N–H and O–H groups in total. The lowest BCUT2D eigenvalue weighted by atomic mass is 9.89. The first-order chi connectivity index (χ1) is 22.0. The molecule has 1 saturated heterocycles. The van der Waals surface area contributed by atoms with Crippen LogP contribution in [0.5, 0.6) is 0 Å². The fraction of sp³-hybridized carbons (Fsp3) is 0.541. The maximum atomic E-state index is 11.7. The van der Waals surface area contributed by atoms with Crippen molar-refractivity contribution in [1.82, 2.24) is 15.5 Å². The second kappa shape index (κ2) is 22.2. The van der Waals surface area contributed by atoms with Crippen molar-refractivity contribution in [2.24, 2.45) is 0 Å². The summed E-state index contributed by atoms with van der Waals surface area (Å²) < 4.78 is 11.7. The third-order valence-corrected chi connectivity index (χ3v) is 8.01. The molecule has 1 unspecified atom stereocenters. The van der Waals surface area contributed by atoms with Gasteiger partial charge in [0.05, 0.1) is 5.60 Å². The van der Waals surface area contributed by atoms with Crippen LogP contribution in [-0.2, 0) is 4.74 Å². The lowest BCUT2D eigenvalue weighted by molar-refractivity contribution is -0.0282. The molecule has 250 valence electrons. The minimum atomic E-state index is -0.0521. The van der Waals surface area contributed by atoms with Gasteiger partial charge in [0.1, 0.15) is 0 Å². The number of aldehydes is 1. The molecule has 0 spiro atoms. The quantitative estimate of drug-likeness (QED) is 0.191. The monoisotopic (exact) mass is 622 g/mol. The van der Waals surface area contributed by atoms with Gasteiger partial charge >= 0.3 is 6.01 Å². The average molecular weight is 623 g/mol. The molecule has 1 fully saturated rings. The van der Waals surface area contributed by atoms with E-state index in [9.17, 15) is 4.79 Å². The molecule has 0 amide bonds. The Kier molecular flexibility index (Phi) is 19.6. The number of unbranched alkanes of at least 4 members (excludes halogenated alkanes) is 1. The topological polar surface area (TPSA) is 101 Å². The molecule has 2 aliphatic rings. The smallest absolute Gasteiger partial charge is 0.324 e. The third-order valence-electron chi connectivity index (χ3n) is 8.01. The lowest BCUT2D eigenvalue weighted by Gasteiger charge is -2.31. The Morgan fingerprint density at radius 2 is 1.93 bits per heavy atom. The Morgan fingerprint density at radius 1 is 1.18 bits per heavy atom. The van der Waals surface area contributed by atoms with Crippen LogP contribution in [0.4, 0.5) is 6.01 Å². The highest BCUT2D eigenvalue weighted by Gasteiger charge is 2.33. The van der Waals surface area contributed by atoms with Gasteiger partial charge in [0.25, 0.3) is 0 Å². The second-order valence-electron chi connectivity index (χ2n) is 10.5. The Hall–Kier alpha value is -3.33. The molecule has 1 aromatic carbocycles. The van der Waals surface area contributed by atoms with Gasteiger partial charge in [-0.25, -0.2) is 0 Å². The summed E-state index contributed by atoms with van der Waals surface area (Å²) in [5.41, 5.74) is 5.73. The summed E-state index contributed by atoms with van der Waals surface area (Å²) in [5.74, 6) is 0.578. The van der Waals surface area contributed by atoms with Gasteiger partial charge in [0, 0.05) is 39.4 Å². The van der Waals surface area contributed by atoms with Gasteiger partial charge in [0.15, 0.2) is 12.1 Å². The molecule has 8 nitrogen and oxygen atoms in total. The van der Waals surface area contributed by atoms with Gasteiger partial charge < -0.3 is 24.6 Å². The number of carbonyl (C=O) groups excluding carboxylic acids is 1. The van der Waals surface area contributed by atoms with Gasteiger partial charge in [-0.3, -0.25) is 4.79 Å². The normalized spacial score (nSPS) is 18.5. The van der Waals surface area contributed by atoms with Crippen LogP contribution in [-0.4, -0.2) is 67.5 Å². The summed E-state index contributed by atoms with van der Waals surface area (Å²) in [7, 11) is 2.84. The van der Waals surface area contributed by atoms with E-state index < -0.39 is 0 Å². The summed E-state index contributed by atoms with van der Waals surface area (Å²) >= 11 is 0. The molecule has 3 heterocycles. The van der Waals surface area contributed by atoms with E-state index in [1.807, 2.05) is 72.1 Å². The molecular formula is C37H58N4O4. The van der Waals surface area contributed by atoms with Crippen LogP contribution in [0.1, 0.15) is 114 Å². The van der Waals surface area contributed by atoms with Crippen molar-refractivity contribution in [3.8, 4) is 0 Å². The van der Waals surface area contributed by atoms with Crippen molar-refractivity contribution in [3.63, 3.8) is 0 Å². The van der Waals surface area contributed by atoms with Crippen molar-refractivity contribution in [2.45, 2.75) is 92.1 Å². The van der Waals surface area contributed by atoms with Crippen LogP contribution < -0.4 is 10.2 Å². The van der Waals surface area contributed by atoms with Crippen molar-refractivity contribution in [2.75, 3.05) is 45.3 Å². The number of rotatable bonds is 11. The summed E-state index contributed by atoms with van der Waals surface area (Å²) in [5, 5.41) is 14.6. The fourth-order valence-electron chi connectivity index (χ4n) is 5.47. The molecule has 4 rings (SSSR count). The maximum absolute atomic E-state index is 11.7. The number of ether oxygens (including phenoxy) is 1. The number of nitrogens with zero attached hydrogens (tertiary/aromatic N) is 3. The molecule has 1 atom stereocenters. The van der Waals surface area contributed by atoms with Gasteiger partial charge in [-0.1, -0.05) is 95.6 Å². The molecule has 0 radical (unpaired) electrons. The first-order valence-corrected chi connectivity index (χ1v) is 16.6. The predicted molar refractivity (Wildman–Crippen MR) is 190 cm³/mol. The largest absolute Gasteiger partial charge is 0.400 e. The minimum absolute atomic E-state index is 0.0521. The number of aliphatic hydroxyl groups excluding tert-OH is 1. The first kappa shape index (κ1) is 39.7. The number of aliphatic hydroxyl groups is 1. The number of methoxy groups -OCH3 is 1. The Morgan fingerprint density at radius 3 is 2.56 bits per heavy atom. The summed E-state index contributed by atoms with van der Waals surface area (Å²) in [4.78, 5) is 18.6. The molecule has 45 heavy (non-hydrogen) atoms. The van der Waals surface area contributed by atoms with Crippen LogP contribution in [0.25, 0.3) is 16.7 Å². The number of benzene rings is 1. The van der Waals surface area contributed by atoms with Crippen LogP contribution in [0.15, 0.2) is 53.6 Å². The summed E-state index contributed by atoms with van der Waals surface area (Å²) in [6, 6.07) is 6.51. The van der Waals surface area contributed by atoms with Crippen LogP contribution in [0.3, 0.4) is 0 Å². The SMILES string of the molecule is C=C/C(=C\C=C(/C)c1noc(N2CCCC(CCCC)(OC)CC2)n1)c1ccc(C=O)c(C2=CCNCC2)c1.CC.CC.CO. The molecule has 2 aromatic rings. The zero-order valence-electron chi connectivity index (χ0n) is 29.1. The van der Waals surface area contributed by atoms with Gasteiger partial charge in [-0.2, -0.15) is 4.98 Å². The average Bonchev–Trinajstić information content (AvgIpc) is 3.52. The predicted octanol–water partition coefficient (Wildman–Crippen LogP) is 8.16. The molecule has 2 aliphatic heterocycles. The molecular weight excluding hydrogens is 564 g/mol. The number of hydrogen-bond donors (Lipinski definition) is 2. The highest BCUT2D eigenvalue weighted by atomic mass is 16.5. The summed E-state index contributed by atoms with van der Waals surface area (Å²) in [6.45, 7) is 19.7. The van der Waals surface area contributed by atoms with Crippen LogP contribution in [0.2, 0.25) is 0 Å². The molecule has 8 heteroatoms. The lowest BCUT2D eigenvalue weighted by Crippen LogP contribution is -2.33. The highest BCUT2D eigenvalue weighted by molar-refractivity contribution is 5.88. The Bertz CT molecular complexity index is 1250. The van der Waals surface area contributed by atoms with E-state index in [4.69, 9.17) is 19.4 Å². The Balaban J connectivity index is 0.00000159. The number of allylic oxidation sites excluding steroid dienone is 5. The standard InChI is InChI=1S/C32H42N4O3.2C2H6.CH4O/c1-5-7-15-32(38-4)16-8-20-36(21-17-32)31-34-30(35-39-31)24(3)9-10-25(6-2)27-11-12-28(23-37)29(22-27)26-13-18-33-19-14-26;3*1-2/h6,9-13,22-23,33H,2,5,7-8,14-21H2,1,3-4H3;2*1-2H3;2H,1H3/b24-9+,25-10+;;;. The van der Waals surface area contributed by atoms with E-state index in [2.05, 4.69) is 41.0 Å². The number of anilines is 1. The van der Waals surface area contributed by atoms with Crippen LogP contribution >= 0.6 is 0 Å². The number of carbonyl (C=O) groups is 1. The molecule has 0 aliphatic carbocycles. The van der Waals surface area contributed by atoms with Crippen molar-refractivity contribution in [3.05, 3.63) is 71.6 Å². The first-order valence-electron chi connectivity index (χ1n) is 16.6. The van der Waals surface area contributed by atoms with E-state index in [0.717, 1.165) is 94.0 Å². The zero-order chi connectivity index (χ0) is 33.7. The Labute approximate surface area is 272 Å².